The van der Waals surface area contributed by atoms with Crippen LogP contribution in [0.1, 0.15) is 21.7 Å². The average Bonchev–Trinajstić information content (AvgIpc) is 3.11. The second kappa shape index (κ2) is 6.80. The number of fused-ring (bicyclic) bond motifs is 1. The third kappa shape index (κ3) is 3.15. The van der Waals surface area contributed by atoms with Crippen molar-refractivity contribution in [3.05, 3.63) is 64.6 Å². The first kappa shape index (κ1) is 16.6. The van der Waals surface area contributed by atoms with E-state index in [1.165, 1.54) is 0 Å². The Morgan fingerprint density at radius 2 is 2.04 bits per heavy atom. The summed E-state index contributed by atoms with van der Waals surface area (Å²) in [6.07, 6.45) is 2.44. The number of carbonyl (C=O) groups excluding carboxylic acids is 1. The number of imidazole rings is 1. The van der Waals surface area contributed by atoms with Crippen LogP contribution in [0.2, 0.25) is 5.02 Å². The summed E-state index contributed by atoms with van der Waals surface area (Å²) in [6, 6.07) is 10.7. The van der Waals surface area contributed by atoms with E-state index in [1.54, 1.807) is 43.6 Å². The minimum atomic E-state index is -0.00502. The number of benzene rings is 1. The van der Waals surface area contributed by atoms with Crippen LogP contribution in [0.15, 0.2) is 42.6 Å². The smallest absolute Gasteiger partial charge is 0.254 e. The zero-order chi connectivity index (χ0) is 18.1. The van der Waals surface area contributed by atoms with E-state index in [2.05, 4.69) is 15.0 Å². The minimum Gasteiger partial charge on any atom is -0.481 e. The van der Waals surface area contributed by atoms with Crippen molar-refractivity contribution in [1.82, 2.24) is 19.9 Å². The molecular weight excluding hydrogens is 352 g/mol. The largest absolute Gasteiger partial charge is 0.481 e. The quantitative estimate of drug-likeness (QED) is 0.769. The third-order valence-electron chi connectivity index (χ3n) is 4.43. The molecule has 1 aliphatic heterocycles. The van der Waals surface area contributed by atoms with Crippen LogP contribution >= 0.6 is 11.6 Å². The fourth-order valence-electron chi connectivity index (χ4n) is 3.02. The van der Waals surface area contributed by atoms with Gasteiger partial charge >= 0.3 is 0 Å². The highest BCUT2D eigenvalue weighted by Crippen LogP contribution is 2.24. The van der Waals surface area contributed by atoms with Crippen LogP contribution in [0.25, 0.3) is 11.4 Å². The van der Waals surface area contributed by atoms with Gasteiger partial charge in [0, 0.05) is 41.4 Å². The topological polar surface area (TPSA) is 71.1 Å². The molecule has 1 N–H and O–H groups in total. The van der Waals surface area contributed by atoms with Crippen LogP contribution < -0.4 is 4.74 Å². The number of aromatic amines is 1. The first-order valence-electron chi connectivity index (χ1n) is 8.27. The third-order valence-corrected chi connectivity index (χ3v) is 4.68. The summed E-state index contributed by atoms with van der Waals surface area (Å²) in [4.78, 5) is 26.7. The number of amides is 1. The lowest BCUT2D eigenvalue weighted by atomic mass is 10.1. The minimum absolute atomic E-state index is 0.00502. The molecular formula is C19H17ClN4O2. The molecule has 1 aliphatic rings. The van der Waals surface area contributed by atoms with E-state index in [0.717, 1.165) is 29.2 Å². The average molecular weight is 369 g/mol. The SMILES string of the molecule is COc1ccc(-c2nc3c([nH]2)CN(C(=O)c2ccc(Cl)cc2)CC3)cn1. The standard InChI is InChI=1S/C19H17ClN4O2/c1-26-17-7-4-13(10-21-17)18-22-15-8-9-24(11-16(15)23-18)19(25)12-2-5-14(20)6-3-12/h2-7,10H,8-9,11H2,1H3,(H,22,23). The molecule has 6 nitrogen and oxygen atoms in total. The molecule has 0 bridgehead atoms. The molecule has 7 heteroatoms. The molecule has 0 radical (unpaired) electrons. The van der Waals surface area contributed by atoms with Crippen LogP contribution in [-0.2, 0) is 13.0 Å². The van der Waals surface area contributed by atoms with Gasteiger partial charge in [-0.05, 0) is 30.3 Å². The van der Waals surface area contributed by atoms with Gasteiger partial charge in [-0.3, -0.25) is 4.79 Å². The summed E-state index contributed by atoms with van der Waals surface area (Å²) in [6.45, 7) is 1.15. The highest BCUT2D eigenvalue weighted by atomic mass is 35.5. The van der Waals surface area contributed by atoms with Gasteiger partial charge in [0.05, 0.1) is 25.0 Å². The molecule has 0 fully saturated rings. The Hall–Kier alpha value is -2.86. The number of aromatic nitrogens is 3. The number of ether oxygens (including phenoxy) is 1. The fraction of sp³-hybridized carbons (Fsp3) is 0.211. The van der Waals surface area contributed by atoms with Crippen LogP contribution in [0.5, 0.6) is 5.88 Å². The molecule has 4 rings (SSSR count). The predicted octanol–water partition coefficient (Wildman–Crippen LogP) is 3.33. The van der Waals surface area contributed by atoms with Gasteiger partial charge in [-0.15, -0.1) is 0 Å². The number of nitrogens with zero attached hydrogens (tertiary/aromatic N) is 3. The lowest BCUT2D eigenvalue weighted by molar-refractivity contribution is 0.0732. The maximum absolute atomic E-state index is 12.7. The lowest BCUT2D eigenvalue weighted by Crippen LogP contribution is -2.36. The van der Waals surface area contributed by atoms with Crippen molar-refractivity contribution in [2.45, 2.75) is 13.0 Å². The molecule has 2 aromatic heterocycles. The second-order valence-electron chi connectivity index (χ2n) is 6.08. The second-order valence-corrected chi connectivity index (χ2v) is 6.52. The van der Waals surface area contributed by atoms with Crippen LogP contribution in [-0.4, -0.2) is 39.4 Å². The molecule has 0 saturated heterocycles. The molecule has 0 unspecified atom stereocenters. The van der Waals surface area contributed by atoms with Gasteiger partial charge in [0.1, 0.15) is 5.82 Å². The summed E-state index contributed by atoms with van der Waals surface area (Å²) >= 11 is 5.90. The molecule has 1 aromatic carbocycles. The molecule has 132 valence electrons. The van der Waals surface area contributed by atoms with Crippen molar-refractivity contribution in [1.29, 1.82) is 0 Å². The highest BCUT2D eigenvalue weighted by Gasteiger charge is 2.24. The molecule has 3 heterocycles. The Morgan fingerprint density at radius 1 is 1.23 bits per heavy atom. The van der Waals surface area contributed by atoms with E-state index in [9.17, 15) is 4.79 Å². The molecule has 26 heavy (non-hydrogen) atoms. The van der Waals surface area contributed by atoms with E-state index in [-0.39, 0.29) is 5.91 Å². The molecule has 0 spiro atoms. The highest BCUT2D eigenvalue weighted by molar-refractivity contribution is 6.30. The van der Waals surface area contributed by atoms with E-state index < -0.39 is 0 Å². The number of methoxy groups -OCH3 is 1. The first-order chi connectivity index (χ1) is 12.6. The number of rotatable bonds is 3. The Kier molecular flexibility index (Phi) is 4.34. The molecule has 0 saturated carbocycles. The number of halogens is 1. The van der Waals surface area contributed by atoms with E-state index in [4.69, 9.17) is 16.3 Å². The lowest BCUT2D eigenvalue weighted by Gasteiger charge is -2.26. The number of hydrogen-bond acceptors (Lipinski definition) is 4. The van der Waals surface area contributed by atoms with Gasteiger partial charge in [0.15, 0.2) is 0 Å². The van der Waals surface area contributed by atoms with Crippen LogP contribution in [0.3, 0.4) is 0 Å². The zero-order valence-electron chi connectivity index (χ0n) is 14.2. The van der Waals surface area contributed by atoms with Gasteiger partial charge in [-0.2, -0.15) is 0 Å². The maximum atomic E-state index is 12.7. The summed E-state index contributed by atoms with van der Waals surface area (Å²) in [5.41, 5.74) is 3.48. The van der Waals surface area contributed by atoms with E-state index in [1.807, 2.05) is 11.0 Å². The van der Waals surface area contributed by atoms with Crippen molar-refractivity contribution >= 4 is 17.5 Å². The monoisotopic (exact) mass is 368 g/mol. The van der Waals surface area contributed by atoms with Crippen LogP contribution in [0, 0.1) is 0 Å². The van der Waals surface area contributed by atoms with Crippen molar-refractivity contribution in [2.75, 3.05) is 13.7 Å². The van der Waals surface area contributed by atoms with Crippen LogP contribution in [0.4, 0.5) is 0 Å². The van der Waals surface area contributed by atoms with Crippen molar-refractivity contribution in [2.24, 2.45) is 0 Å². The summed E-state index contributed by atoms with van der Waals surface area (Å²) in [5, 5.41) is 0.619. The Balaban J connectivity index is 1.54. The number of hydrogen-bond donors (Lipinski definition) is 1. The number of nitrogens with one attached hydrogen (secondary N) is 1. The predicted molar refractivity (Wildman–Crippen MR) is 98.3 cm³/mol. The van der Waals surface area contributed by atoms with Gasteiger partial charge in [-0.25, -0.2) is 9.97 Å². The van der Waals surface area contributed by atoms with Gasteiger partial charge in [0.25, 0.3) is 5.91 Å². The van der Waals surface area contributed by atoms with Gasteiger partial charge in [-0.1, -0.05) is 11.6 Å². The summed E-state index contributed by atoms with van der Waals surface area (Å²) in [5.74, 6) is 1.31. The maximum Gasteiger partial charge on any atom is 0.254 e. The number of pyridine rings is 1. The van der Waals surface area contributed by atoms with Crippen molar-refractivity contribution in [3.63, 3.8) is 0 Å². The van der Waals surface area contributed by atoms with E-state index >= 15 is 0 Å². The summed E-state index contributed by atoms with van der Waals surface area (Å²) < 4.78 is 5.08. The Bertz CT molecular complexity index is 935. The summed E-state index contributed by atoms with van der Waals surface area (Å²) in [7, 11) is 1.58. The number of carbonyl (C=O) groups is 1. The van der Waals surface area contributed by atoms with Gasteiger partial charge < -0.3 is 14.6 Å². The molecule has 0 atom stereocenters. The molecule has 3 aromatic rings. The normalized spacial score (nSPS) is 13.4. The Morgan fingerprint density at radius 3 is 2.73 bits per heavy atom. The van der Waals surface area contributed by atoms with Crippen molar-refractivity contribution < 1.29 is 9.53 Å². The van der Waals surface area contributed by atoms with Crippen molar-refractivity contribution in [3.8, 4) is 17.3 Å². The zero-order valence-corrected chi connectivity index (χ0v) is 15.0. The first-order valence-corrected chi connectivity index (χ1v) is 8.65. The van der Waals surface area contributed by atoms with Gasteiger partial charge in [0.2, 0.25) is 5.88 Å². The van der Waals surface area contributed by atoms with E-state index in [0.29, 0.717) is 29.6 Å². The molecule has 1 amide bonds. The molecule has 0 aliphatic carbocycles. The fourth-order valence-corrected chi connectivity index (χ4v) is 3.15. The number of H-pyrrole nitrogens is 1. The Labute approximate surface area is 155 Å².